The second-order valence-electron chi connectivity index (χ2n) is 4.90. The molecule has 0 radical (unpaired) electrons. The van der Waals surface area contributed by atoms with Gasteiger partial charge in [0, 0.05) is 24.4 Å². The fraction of sp³-hybridized carbons (Fsp3) is 0.909. The Morgan fingerprint density at radius 3 is 2.83 bits per heavy atom. The number of carbonyl (C=O) groups excluding carboxylic acids is 1. The SMILES string of the molecule is COC(=O)[C@@H]1C[C@@H](O)CN1C[C@@H](N=[N+]=[N-])C(C)C. The Kier molecular flexibility index (Phi) is 5.40. The Balaban J connectivity index is 2.73. The molecule has 1 aliphatic heterocycles. The van der Waals surface area contributed by atoms with Crippen LogP contribution in [-0.4, -0.2) is 54.4 Å². The lowest BCUT2D eigenvalue weighted by Crippen LogP contribution is -2.42. The van der Waals surface area contributed by atoms with Gasteiger partial charge < -0.3 is 9.84 Å². The van der Waals surface area contributed by atoms with Crippen LogP contribution in [0.5, 0.6) is 0 Å². The fourth-order valence-corrected chi connectivity index (χ4v) is 2.15. The lowest BCUT2D eigenvalue weighted by molar-refractivity contribution is -0.146. The van der Waals surface area contributed by atoms with Crippen LogP contribution in [0.1, 0.15) is 20.3 Å². The molecule has 0 aromatic carbocycles. The smallest absolute Gasteiger partial charge is 0.323 e. The van der Waals surface area contributed by atoms with Gasteiger partial charge in [0.25, 0.3) is 0 Å². The highest BCUT2D eigenvalue weighted by Gasteiger charge is 2.37. The van der Waals surface area contributed by atoms with E-state index in [0.29, 0.717) is 19.5 Å². The molecule has 1 aliphatic rings. The minimum Gasteiger partial charge on any atom is -0.468 e. The quantitative estimate of drug-likeness (QED) is 0.342. The third-order valence-electron chi connectivity index (χ3n) is 3.25. The van der Waals surface area contributed by atoms with E-state index in [1.54, 1.807) is 0 Å². The molecule has 3 atom stereocenters. The Morgan fingerprint density at radius 2 is 2.33 bits per heavy atom. The van der Waals surface area contributed by atoms with E-state index in [9.17, 15) is 9.90 Å². The number of aliphatic hydroxyl groups excluding tert-OH is 1. The highest BCUT2D eigenvalue weighted by Crippen LogP contribution is 2.21. The number of nitrogens with zero attached hydrogens (tertiary/aromatic N) is 4. The molecular formula is C11H20N4O3. The zero-order valence-electron chi connectivity index (χ0n) is 11.0. The Morgan fingerprint density at radius 1 is 1.67 bits per heavy atom. The molecule has 0 saturated carbocycles. The molecule has 0 aromatic heterocycles. The molecule has 0 aliphatic carbocycles. The van der Waals surface area contributed by atoms with Crippen LogP contribution < -0.4 is 0 Å². The Labute approximate surface area is 106 Å². The molecule has 102 valence electrons. The van der Waals surface area contributed by atoms with E-state index in [1.807, 2.05) is 18.7 Å². The average molecular weight is 256 g/mol. The van der Waals surface area contributed by atoms with Crippen LogP contribution in [0.3, 0.4) is 0 Å². The van der Waals surface area contributed by atoms with Crippen molar-refractivity contribution in [1.29, 1.82) is 0 Å². The van der Waals surface area contributed by atoms with Crippen molar-refractivity contribution in [2.24, 2.45) is 11.0 Å². The van der Waals surface area contributed by atoms with Crippen LogP contribution in [0.4, 0.5) is 0 Å². The van der Waals surface area contributed by atoms with Gasteiger partial charge in [-0.25, -0.2) is 0 Å². The number of azide groups is 1. The first-order valence-corrected chi connectivity index (χ1v) is 6.03. The van der Waals surface area contributed by atoms with Crippen molar-refractivity contribution in [2.75, 3.05) is 20.2 Å². The number of esters is 1. The molecule has 1 saturated heterocycles. The summed E-state index contributed by atoms with van der Waals surface area (Å²) in [6.45, 7) is 4.78. The highest BCUT2D eigenvalue weighted by atomic mass is 16.5. The molecule has 7 nitrogen and oxygen atoms in total. The molecule has 0 amide bonds. The summed E-state index contributed by atoms with van der Waals surface area (Å²) in [7, 11) is 1.33. The van der Waals surface area contributed by atoms with Gasteiger partial charge in [-0.2, -0.15) is 0 Å². The van der Waals surface area contributed by atoms with Crippen molar-refractivity contribution in [3.8, 4) is 0 Å². The van der Waals surface area contributed by atoms with Crippen molar-refractivity contribution in [3.63, 3.8) is 0 Å². The summed E-state index contributed by atoms with van der Waals surface area (Å²) in [4.78, 5) is 16.3. The zero-order valence-corrected chi connectivity index (χ0v) is 11.0. The molecule has 0 aromatic rings. The molecule has 0 spiro atoms. The number of methoxy groups -OCH3 is 1. The number of rotatable bonds is 5. The summed E-state index contributed by atoms with van der Waals surface area (Å²) in [5.41, 5.74) is 8.53. The third-order valence-corrected chi connectivity index (χ3v) is 3.25. The topological polar surface area (TPSA) is 98.5 Å². The molecule has 0 bridgehead atoms. The largest absolute Gasteiger partial charge is 0.468 e. The second-order valence-corrected chi connectivity index (χ2v) is 4.90. The molecule has 7 heteroatoms. The minimum atomic E-state index is -0.534. The molecular weight excluding hydrogens is 236 g/mol. The normalized spacial score (nSPS) is 25.8. The maximum absolute atomic E-state index is 11.6. The summed E-state index contributed by atoms with van der Waals surface area (Å²) in [5, 5.41) is 13.4. The van der Waals surface area contributed by atoms with Crippen LogP contribution in [0.25, 0.3) is 10.4 Å². The number of β-amino-alcohol motifs (C(OH)–C–C–N with tert-alkyl or cyclic N) is 1. The highest BCUT2D eigenvalue weighted by molar-refractivity contribution is 5.76. The average Bonchev–Trinajstić information content (AvgIpc) is 2.68. The summed E-state index contributed by atoms with van der Waals surface area (Å²) in [6, 6.07) is -0.660. The van der Waals surface area contributed by atoms with Gasteiger partial charge in [-0.05, 0) is 11.4 Å². The number of likely N-dealkylation sites (tertiary alicyclic amines) is 1. The van der Waals surface area contributed by atoms with Gasteiger partial charge >= 0.3 is 5.97 Å². The van der Waals surface area contributed by atoms with E-state index in [2.05, 4.69) is 10.0 Å². The van der Waals surface area contributed by atoms with E-state index in [0.717, 1.165) is 0 Å². The molecule has 1 fully saturated rings. The van der Waals surface area contributed by atoms with Gasteiger partial charge in [0.15, 0.2) is 0 Å². The van der Waals surface area contributed by atoms with Crippen molar-refractivity contribution in [1.82, 2.24) is 4.90 Å². The Hall–Kier alpha value is -1.30. The summed E-state index contributed by atoms with van der Waals surface area (Å²) in [6.07, 6.45) is -0.165. The Bertz CT molecular complexity index is 341. The number of hydrogen-bond acceptors (Lipinski definition) is 5. The predicted octanol–water partition coefficient (Wildman–Crippen LogP) is 0.929. The van der Waals surface area contributed by atoms with Crippen LogP contribution >= 0.6 is 0 Å². The van der Waals surface area contributed by atoms with Crippen molar-refractivity contribution < 1.29 is 14.6 Å². The number of ether oxygens (including phenoxy) is 1. The van der Waals surface area contributed by atoms with Crippen LogP contribution in [0.2, 0.25) is 0 Å². The lowest BCUT2D eigenvalue weighted by Gasteiger charge is -2.26. The minimum absolute atomic E-state index is 0.178. The molecule has 0 unspecified atom stereocenters. The standard InChI is InChI=1S/C11H20N4O3/c1-7(2)9(13-14-12)6-15-5-8(16)4-10(15)11(17)18-3/h7-10,16H,4-6H2,1-3H3/t8-,9-,10+/m1/s1. The predicted molar refractivity (Wildman–Crippen MR) is 65.8 cm³/mol. The van der Waals surface area contributed by atoms with Gasteiger partial charge in [0.1, 0.15) is 6.04 Å². The van der Waals surface area contributed by atoms with E-state index >= 15 is 0 Å². The van der Waals surface area contributed by atoms with Gasteiger partial charge in [0.2, 0.25) is 0 Å². The number of hydrogen-bond donors (Lipinski definition) is 1. The number of carbonyl (C=O) groups is 1. The summed E-state index contributed by atoms with van der Waals surface area (Å²) in [5.74, 6) is -0.174. The van der Waals surface area contributed by atoms with Crippen molar-refractivity contribution >= 4 is 5.97 Å². The summed E-state index contributed by atoms with van der Waals surface area (Å²) >= 11 is 0. The first-order chi connectivity index (χ1) is 8.49. The maximum atomic E-state index is 11.6. The van der Waals surface area contributed by atoms with E-state index in [1.165, 1.54) is 7.11 Å². The van der Waals surface area contributed by atoms with Gasteiger partial charge in [-0.3, -0.25) is 9.69 Å². The molecule has 1 rings (SSSR count). The summed E-state index contributed by atoms with van der Waals surface area (Å²) < 4.78 is 4.72. The molecule has 1 heterocycles. The third kappa shape index (κ3) is 3.60. The molecule has 1 N–H and O–H groups in total. The maximum Gasteiger partial charge on any atom is 0.323 e. The van der Waals surface area contributed by atoms with E-state index < -0.39 is 12.1 Å². The van der Waals surface area contributed by atoms with Crippen LogP contribution in [0, 0.1) is 5.92 Å². The van der Waals surface area contributed by atoms with E-state index in [4.69, 9.17) is 10.3 Å². The second kappa shape index (κ2) is 6.58. The first kappa shape index (κ1) is 14.8. The van der Waals surface area contributed by atoms with Crippen LogP contribution in [0.15, 0.2) is 5.11 Å². The lowest BCUT2D eigenvalue weighted by atomic mass is 10.0. The first-order valence-electron chi connectivity index (χ1n) is 6.03. The fourth-order valence-electron chi connectivity index (χ4n) is 2.15. The van der Waals surface area contributed by atoms with Crippen molar-refractivity contribution in [3.05, 3.63) is 10.4 Å². The van der Waals surface area contributed by atoms with E-state index in [-0.39, 0.29) is 17.9 Å². The number of aliphatic hydroxyl groups is 1. The van der Waals surface area contributed by atoms with Crippen molar-refractivity contribution in [2.45, 2.75) is 38.5 Å². The van der Waals surface area contributed by atoms with Gasteiger partial charge in [0.05, 0.1) is 19.3 Å². The van der Waals surface area contributed by atoms with Gasteiger partial charge in [-0.1, -0.05) is 19.0 Å². The van der Waals surface area contributed by atoms with Crippen LogP contribution in [-0.2, 0) is 9.53 Å². The molecule has 18 heavy (non-hydrogen) atoms. The van der Waals surface area contributed by atoms with Gasteiger partial charge in [-0.15, -0.1) is 0 Å². The zero-order chi connectivity index (χ0) is 13.7. The monoisotopic (exact) mass is 256 g/mol.